The molecule has 7 heteroatoms. The van der Waals surface area contributed by atoms with Crippen LogP contribution in [0.2, 0.25) is 0 Å². The molecule has 184 valence electrons. The highest BCUT2D eigenvalue weighted by Crippen LogP contribution is 2.28. The minimum atomic E-state index is -1.02. The predicted octanol–water partition coefficient (Wildman–Crippen LogP) is 3.56. The molecule has 0 aromatic heterocycles. The van der Waals surface area contributed by atoms with Crippen molar-refractivity contribution in [1.82, 2.24) is 15.5 Å². The molecule has 0 aliphatic carbocycles. The third-order valence-corrected chi connectivity index (χ3v) is 6.24. The molecule has 0 radical (unpaired) electrons. The van der Waals surface area contributed by atoms with Gasteiger partial charge in [-0.3, -0.25) is 9.59 Å². The Morgan fingerprint density at radius 3 is 2.06 bits per heavy atom. The number of hydrogen-bond acceptors (Lipinski definition) is 4. The van der Waals surface area contributed by atoms with E-state index in [1.54, 1.807) is 25.1 Å². The second-order valence-electron chi connectivity index (χ2n) is 9.99. The average Bonchev–Trinajstić information content (AvgIpc) is 2.75. The van der Waals surface area contributed by atoms with Crippen molar-refractivity contribution in [3.63, 3.8) is 0 Å². The van der Waals surface area contributed by atoms with Gasteiger partial charge in [0.2, 0.25) is 11.8 Å². The Hall–Kier alpha value is -2.67. The topological polar surface area (TPSA) is 98.7 Å². The summed E-state index contributed by atoms with van der Waals surface area (Å²) >= 11 is 0. The van der Waals surface area contributed by atoms with Crippen LogP contribution in [0.1, 0.15) is 60.5 Å². The van der Waals surface area contributed by atoms with E-state index in [2.05, 4.69) is 10.6 Å². The maximum Gasteiger partial charge on any atom is 0.331 e. The summed E-state index contributed by atoms with van der Waals surface area (Å²) in [6.07, 6.45) is 2.09. The van der Waals surface area contributed by atoms with Crippen LogP contribution in [0.5, 0.6) is 0 Å². The molecule has 33 heavy (non-hydrogen) atoms. The van der Waals surface area contributed by atoms with Crippen LogP contribution >= 0.6 is 0 Å². The Morgan fingerprint density at radius 2 is 1.67 bits per heavy atom. The fourth-order valence-corrected chi connectivity index (χ4v) is 3.99. The molecule has 1 aromatic carbocycles. The lowest BCUT2D eigenvalue weighted by molar-refractivity contribution is -0.142. The molecule has 0 fully saturated rings. The first-order valence-corrected chi connectivity index (χ1v) is 11.5. The van der Waals surface area contributed by atoms with E-state index in [-0.39, 0.29) is 23.3 Å². The van der Waals surface area contributed by atoms with Crippen molar-refractivity contribution in [1.29, 1.82) is 0 Å². The number of carbonyl (C=O) groups excluding carboxylic acids is 2. The number of aliphatic carboxylic acids is 1. The standard InChI is InChI=1S/C26H41N3O4/c1-10-26(27-8,19-14-12-11-13-15-19)24(33)28-21(25(5,6)7)22(30)29(9)20(17(2)3)16-18(4)23(31)32/h11-17,20-21,27H,10H2,1-9H3,(H,28,33)(H,31,32)/b18-16+/t20-,21?,26?/m1/s1. The predicted molar refractivity (Wildman–Crippen MR) is 132 cm³/mol. The molecule has 2 amide bonds. The van der Waals surface area contributed by atoms with Crippen molar-refractivity contribution in [3.05, 3.63) is 47.5 Å². The van der Waals surface area contributed by atoms with Crippen LogP contribution in [0.4, 0.5) is 0 Å². The Balaban J connectivity index is 3.37. The van der Waals surface area contributed by atoms with E-state index in [1.165, 1.54) is 6.92 Å². The molecule has 0 aliphatic rings. The maximum atomic E-state index is 13.7. The highest BCUT2D eigenvalue weighted by atomic mass is 16.4. The van der Waals surface area contributed by atoms with Gasteiger partial charge < -0.3 is 20.6 Å². The molecule has 0 saturated carbocycles. The van der Waals surface area contributed by atoms with Crippen molar-refractivity contribution in [2.45, 2.75) is 72.5 Å². The van der Waals surface area contributed by atoms with Gasteiger partial charge >= 0.3 is 5.97 Å². The molecule has 3 N–H and O–H groups in total. The van der Waals surface area contributed by atoms with Gasteiger partial charge in [-0.1, -0.05) is 78.0 Å². The van der Waals surface area contributed by atoms with Crippen molar-refractivity contribution in [3.8, 4) is 0 Å². The highest BCUT2D eigenvalue weighted by molar-refractivity contribution is 5.93. The third-order valence-electron chi connectivity index (χ3n) is 6.24. The average molecular weight is 460 g/mol. The Labute approximate surface area is 198 Å². The van der Waals surface area contributed by atoms with Gasteiger partial charge in [0.25, 0.3) is 0 Å². The minimum Gasteiger partial charge on any atom is -0.478 e. The fourth-order valence-electron chi connectivity index (χ4n) is 3.99. The Morgan fingerprint density at radius 1 is 1.12 bits per heavy atom. The summed E-state index contributed by atoms with van der Waals surface area (Å²) in [7, 11) is 3.40. The van der Waals surface area contributed by atoms with E-state index in [9.17, 15) is 19.5 Å². The van der Waals surface area contributed by atoms with E-state index in [4.69, 9.17) is 0 Å². The molecule has 7 nitrogen and oxygen atoms in total. The van der Waals surface area contributed by atoms with Crippen molar-refractivity contribution in [2.24, 2.45) is 11.3 Å². The first-order chi connectivity index (χ1) is 15.2. The molecule has 1 aromatic rings. The first-order valence-electron chi connectivity index (χ1n) is 11.5. The zero-order valence-corrected chi connectivity index (χ0v) is 21.5. The van der Waals surface area contributed by atoms with Gasteiger partial charge in [-0.15, -0.1) is 0 Å². The van der Waals surface area contributed by atoms with Crippen molar-refractivity contribution < 1.29 is 19.5 Å². The number of carboxylic acid groups (broad SMARTS) is 1. The fraction of sp³-hybridized carbons (Fsp3) is 0.577. The summed E-state index contributed by atoms with van der Waals surface area (Å²) in [5.41, 5.74) is -0.561. The van der Waals surface area contributed by atoms with Crippen LogP contribution in [0.25, 0.3) is 0 Å². The smallest absolute Gasteiger partial charge is 0.331 e. The molecule has 0 aliphatic heterocycles. The number of benzene rings is 1. The van der Waals surface area contributed by atoms with Crippen LogP contribution < -0.4 is 10.6 Å². The van der Waals surface area contributed by atoms with Gasteiger partial charge in [-0.25, -0.2) is 4.79 Å². The van der Waals surface area contributed by atoms with E-state index >= 15 is 0 Å². The molecule has 3 atom stereocenters. The molecular weight excluding hydrogens is 418 g/mol. The van der Waals surface area contributed by atoms with Crippen LogP contribution in [-0.4, -0.2) is 54.0 Å². The molecule has 1 rings (SSSR count). The molecular formula is C26H41N3O4. The number of nitrogens with zero attached hydrogens (tertiary/aromatic N) is 1. The van der Waals surface area contributed by atoms with Gasteiger partial charge in [0.05, 0.1) is 6.04 Å². The maximum absolute atomic E-state index is 13.7. The Kier molecular flexibility index (Phi) is 9.85. The summed E-state index contributed by atoms with van der Waals surface area (Å²) in [4.78, 5) is 40.2. The minimum absolute atomic E-state index is 0.0130. The molecule has 0 bridgehead atoms. The monoisotopic (exact) mass is 459 g/mol. The number of carboxylic acids is 1. The largest absolute Gasteiger partial charge is 0.478 e. The second kappa shape index (κ2) is 11.5. The number of nitrogens with one attached hydrogen (secondary N) is 2. The number of carbonyl (C=O) groups is 3. The van der Waals surface area contributed by atoms with Gasteiger partial charge in [0.15, 0.2) is 0 Å². The number of amides is 2. The second-order valence-corrected chi connectivity index (χ2v) is 9.99. The van der Waals surface area contributed by atoms with Gasteiger partial charge in [0.1, 0.15) is 11.6 Å². The van der Waals surface area contributed by atoms with Crippen LogP contribution in [-0.2, 0) is 19.9 Å². The number of rotatable bonds is 10. The molecule has 0 spiro atoms. The molecule has 0 saturated heterocycles. The third kappa shape index (κ3) is 6.67. The summed E-state index contributed by atoms with van der Waals surface area (Å²) in [6.45, 7) is 13.0. The zero-order valence-electron chi connectivity index (χ0n) is 21.5. The van der Waals surface area contributed by atoms with Gasteiger partial charge in [-0.05, 0) is 37.3 Å². The van der Waals surface area contributed by atoms with Crippen molar-refractivity contribution >= 4 is 17.8 Å². The lowest BCUT2D eigenvalue weighted by Gasteiger charge is -2.40. The normalized spacial score (nSPS) is 16.0. The molecule has 2 unspecified atom stereocenters. The zero-order chi connectivity index (χ0) is 25.6. The summed E-state index contributed by atoms with van der Waals surface area (Å²) in [5, 5.41) is 15.5. The molecule has 0 heterocycles. The number of likely N-dealkylation sites (N-methyl/N-ethyl adjacent to an activating group) is 2. The van der Waals surface area contributed by atoms with E-state index < -0.39 is 29.0 Å². The quantitative estimate of drug-likeness (QED) is 0.465. The number of hydrogen-bond donors (Lipinski definition) is 3. The lowest BCUT2D eigenvalue weighted by atomic mass is 9.82. The van der Waals surface area contributed by atoms with Crippen LogP contribution in [0, 0.1) is 11.3 Å². The first kappa shape index (κ1) is 28.4. The Bertz CT molecular complexity index is 852. The van der Waals surface area contributed by atoms with Crippen LogP contribution in [0.15, 0.2) is 42.0 Å². The SMILES string of the molecule is CCC(NC)(C(=O)NC(C(=O)N(C)[C@H](/C=C(\C)C(=O)O)C(C)C)C(C)(C)C)c1ccccc1. The van der Waals surface area contributed by atoms with E-state index in [0.29, 0.717) is 6.42 Å². The summed E-state index contributed by atoms with van der Waals surface area (Å²) < 4.78 is 0. The summed E-state index contributed by atoms with van der Waals surface area (Å²) in [6, 6.07) is 8.22. The van der Waals surface area contributed by atoms with Crippen molar-refractivity contribution in [2.75, 3.05) is 14.1 Å². The highest BCUT2D eigenvalue weighted by Gasteiger charge is 2.43. The lowest BCUT2D eigenvalue weighted by Crippen LogP contribution is -2.61. The van der Waals surface area contributed by atoms with Gasteiger partial charge in [0, 0.05) is 12.6 Å². The summed E-state index contributed by atoms with van der Waals surface area (Å²) in [5.74, 6) is -1.58. The van der Waals surface area contributed by atoms with Crippen LogP contribution in [0.3, 0.4) is 0 Å². The van der Waals surface area contributed by atoms with E-state index in [0.717, 1.165) is 5.56 Å². The van der Waals surface area contributed by atoms with Gasteiger partial charge in [-0.2, -0.15) is 0 Å². The van der Waals surface area contributed by atoms with E-state index in [1.807, 2.05) is 71.9 Å².